The minimum atomic E-state index is -0.665. The minimum absolute atomic E-state index is 0.00475. The number of allylic oxidation sites excluding steroid dienone is 8. The maximum Gasteiger partial charge on any atom is 0.223 e. The number of hydrogen-bond donors (Lipinski definition) is 0. The Morgan fingerprint density at radius 2 is 0.816 bits per heavy atom. The van der Waals surface area contributed by atoms with Crippen LogP contribution in [0.1, 0.15) is 129 Å². The van der Waals surface area contributed by atoms with Crippen molar-refractivity contribution < 1.29 is 28.8 Å². The lowest BCUT2D eigenvalue weighted by Gasteiger charge is -2.32. The molecule has 0 saturated heterocycles. The number of carbonyl (C=O) groups excluding carboxylic acids is 6. The molecule has 0 aromatic rings. The van der Waals surface area contributed by atoms with Crippen molar-refractivity contribution in [2.24, 2.45) is 22.7 Å². The fraction of sp³-hybridized carbons (Fsp3) is 0.659. The average molecular weight is 681 g/mol. The molecule has 0 spiro atoms. The third-order valence-electron chi connectivity index (χ3n) is 10.1. The summed E-state index contributed by atoms with van der Waals surface area (Å²) in [5.74, 6) is 0.794. The van der Waals surface area contributed by atoms with E-state index < -0.39 is 10.8 Å². The summed E-state index contributed by atoms with van der Waals surface area (Å²) in [6.07, 6.45) is 3.45. The molecule has 2 aliphatic carbocycles. The number of rotatable bonds is 13. The highest BCUT2D eigenvalue weighted by molar-refractivity contribution is 6.26. The highest BCUT2D eigenvalue weighted by Crippen LogP contribution is 2.40. The highest BCUT2D eigenvalue weighted by atomic mass is 16.2. The highest BCUT2D eigenvalue weighted by Gasteiger charge is 2.40. The molecule has 0 atom stereocenters. The second kappa shape index (κ2) is 17.5. The molecule has 0 saturated carbocycles. The van der Waals surface area contributed by atoms with Crippen LogP contribution in [0, 0.1) is 22.7 Å². The zero-order valence-corrected chi connectivity index (χ0v) is 33.4. The van der Waals surface area contributed by atoms with Crippen molar-refractivity contribution in [1.82, 2.24) is 9.80 Å². The van der Waals surface area contributed by atoms with E-state index in [0.29, 0.717) is 63.0 Å². The topological polar surface area (TPSA) is 109 Å². The van der Waals surface area contributed by atoms with E-state index in [1.54, 1.807) is 58.4 Å². The first-order valence-corrected chi connectivity index (χ1v) is 17.7. The number of Topliss-reactive ketones (excluding diaryl/α,β-unsaturated/α-hetero) is 4. The number of amides is 2. The van der Waals surface area contributed by atoms with Crippen LogP contribution in [-0.2, 0) is 28.8 Å². The first-order chi connectivity index (χ1) is 22.3. The molecular weight excluding hydrogens is 616 g/mol. The molecule has 0 unspecified atom stereocenters. The molecule has 0 bridgehead atoms. The maximum atomic E-state index is 12.7. The predicted octanol–water partition coefficient (Wildman–Crippen LogP) is 7.81. The van der Waals surface area contributed by atoms with Crippen molar-refractivity contribution >= 4 is 34.9 Å². The standard InChI is InChI=1S/C21H33NO3.C20H31NO3/c1-13(2)10-9-11-22(8)17(23)12-21(6,7)18-16(5)19(24)14(3)15(4)20(18)25;1-12(2)9-10-21(8)16(22)11-20(6,7)17-15(5)18(23)13(3)14(4)19(17)24/h13H,9-12H2,1-8H3;12H,9-11H2,1-8H3. The van der Waals surface area contributed by atoms with Gasteiger partial charge in [0, 0.05) is 95.4 Å². The summed E-state index contributed by atoms with van der Waals surface area (Å²) in [4.78, 5) is 78.9. The van der Waals surface area contributed by atoms with Gasteiger partial charge in [-0.1, -0.05) is 55.4 Å². The summed E-state index contributed by atoms with van der Waals surface area (Å²) >= 11 is 0. The van der Waals surface area contributed by atoms with Gasteiger partial charge in [-0.2, -0.15) is 0 Å². The summed E-state index contributed by atoms with van der Waals surface area (Å²) in [6.45, 7) is 27.7. The Morgan fingerprint density at radius 1 is 0.510 bits per heavy atom. The van der Waals surface area contributed by atoms with Gasteiger partial charge in [0.05, 0.1) is 0 Å². The first kappa shape index (κ1) is 43.6. The molecular formula is C41H64N2O6. The molecule has 274 valence electrons. The Labute approximate surface area is 296 Å². The van der Waals surface area contributed by atoms with Crippen molar-refractivity contribution in [1.29, 1.82) is 0 Å². The molecule has 49 heavy (non-hydrogen) atoms. The third-order valence-corrected chi connectivity index (χ3v) is 10.1. The fourth-order valence-electron chi connectivity index (χ4n) is 6.46. The Morgan fingerprint density at radius 3 is 1.14 bits per heavy atom. The van der Waals surface area contributed by atoms with Crippen LogP contribution < -0.4 is 0 Å². The summed E-state index contributed by atoms with van der Waals surface area (Å²) in [7, 11) is 3.61. The Balaban J connectivity index is 0.000000490. The summed E-state index contributed by atoms with van der Waals surface area (Å²) < 4.78 is 0. The van der Waals surface area contributed by atoms with Crippen LogP contribution >= 0.6 is 0 Å². The van der Waals surface area contributed by atoms with Gasteiger partial charge in [-0.15, -0.1) is 0 Å². The smallest absolute Gasteiger partial charge is 0.223 e. The quantitative estimate of drug-likeness (QED) is 0.184. The molecule has 0 fully saturated rings. The minimum Gasteiger partial charge on any atom is -0.346 e. The molecule has 0 N–H and O–H groups in total. The van der Waals surface area contributed by atoms with E-state index in [4.69, 9.17) is 0 Å². The van der Waals surface area contributed by atoms with Gasteiger partial charge in [0.25, 0.3) is 0 Å². The predicted molar refractivity (Wildman–Crippen MR) is 198 cm³/mol. The molecule has 0 aromatic heterocycles. The lowest BCUT2D eigenvalue weighted by atomic mass is 9.71. The Hall–Kier alpha value is -3.42. The van der Waals surface area contributed by atoms with Crippen LogP contribution in [0.5, 0.6) is 0 Å². The van der Waals surface area contributed by atoms with Crippen molar-refractivity contribution in [3.05, 3.63) is 44.6 Å². The largest absolute Gasteiger partial charge is 0.346 e. The Kier molecular flexibility index (Phi) is 15.6. The zero-order valence-electron chi connectivity index (χ0n) is 33.4. The van der Waals surface area contributed by atoms with E-state index in [1.807, 2.05) is 34.7 Å². The second-order valence-electron chi connectivity index (χ2n) is 16.3. The van der Waals surface area contributed by atoms with Crippen molar-refractivity contribution in [3.8, 4) is 0 Å². The number of carbonyl (C=O) groups is 6. The third kappa shape index (κ3) is 11.0. The van der Waals surface area contributed by atoms with Crippen LogP contribution in [0.3, 0.4) is 0 Å². The second-order valence-corrected chi connectivity index (χ2v) is 16.3. The van der Waals surface area contributed by atoms with Crippen LogP contribution in [0.4, 0.5) is 0 Å². The molecule has 0 aliphatic heterocycles. The molecule has 0 heterocycles. The monoisotopic (exact) mass is 680 g/mol. The fourth-order valence-corrected chi connectivity index (χ4v) is 6.46. The molecule has 0 radical (unpaired) electrons. The van der Waals surface area contributed by atoms with E-state index >= 15 is 0 Å². The zero-order chi connectivity index (χ0) is 38.3. The number of hydrogen-bond acceptors (Lipinski definition) is 6. The van der Waals surface area contributed by atoms with E-state index in [9.17, 15) is 28.8 Å². The molecule has 8 nitrogen and oxygen atoms in total. The van der Waals surface area contributed by atoms with Crippen molar-refractivity contribution in [2.75, 3.05) is 27.2 Å². The van der Waals surface area contributed by atoms with E-state index in [1.165, 1.54) is 0 Å². The van der Waals surface area contributed by atoms with E-state index in [-0.39, 0.29) is 47.8 Å². The van der Waals surface area contributed by atoms with Crippen LogP contribution in [0.2, 0.25) is 0 Å². The summed E-state index contributed by atoms with van der Waals surface area (Å²) in [5, 5.41) is 0. The van der Waals surface area contributed by atoms with Crippen LogP contribution in [0.15, 0.2) is 44.6 Å². The molecule has 8 heteroatoms. The lowest BCUT2D eigenvalue weighted by Crippen LogP contribution is -2.36. The maximum absolute atomic E-state index is 12.7. The first-order valence-electron chi connectivity index (χ1n) is 17.7. The van der Waals surface area contributed by atoms with Gasteiger partial charge < -0.3 is 9.80 Å². The number of ketones is 4. The SMILES string of the molecule is CC1=C(C)C(=O)C(C(C)(C)CC(=O)N(C)CCC(C)C)=C(C)C1=O.CC1=C(C)C(=O)C(C(C)(C)CC(=O)N(C)CCCC(C)C)=C(C)C1=O. The summed E-state index contributed by atoms with van der Waals surface area (Å²) in [5.41, 5.74) is 2.62. The molecule has 0 aromatic carbocycles. The van der Waals surface area contributed by atoms with Crippen molar-refractivity contribution in [2.45, 2.75) is 129 Å². The lowest BCUT2D eigenvalue weighted by molar-refractivity contribution is -0.132. The van der Waals surface area contributed by atoms with Gasteiger partial charge in [-0.3, -0.25) is 28.8 Å². The van der Waals surface area contributed by atoms with Crippen LogP contribution in [0.25, 0.3) is 0 Å². The van der Waals surface area contributed by atoms with E-state index in [2.05, 4.69) is 27.7 Å². The van der Waals surface area contributed by atoms with Gasteiger partial charge in [-0.05, 0) is 72.6 Å². The van der Waals surface area contributed by atoms with E-state index in [0.717, 1.165) is 25.8 Å². The normalized spacial score (nSPS) is 16.3. The molecule has 2 amide bonds. The Bertz CT molecular complexity index is 1480. The van der Waals surface area contributed by atoms with Gasteiger partial charge in [0.2, 0.25) is 11.8 Å². The van der Waals surface area contributed by atoms with Gasteiger partial charge in [0.1, 0.15) is 0 Å². The van der Waals surface area contributed by atoms with Gasteiger partial charge in [0.15, 0.2) is 23.1 Å². The molecule has 2 aliphatic rings. The average Bonchev–Trinajstić information content (AvgIpc) is 2.99. The van der Waals surface area contributed by atoms with Gasteiger partial charge in [-0.25, -0.2) is 0 Å². The number of nitrogens with zero attached hydrogens (tertiary/aromatic N) is 2. The molecule has 2 rings (SSSR count). The van der Waals surface area contributed by atoms with Crippen molar-refractivity contribution in [3.63, 3.8) is 0 Å². The summed E-state index contributed by atoms with van der Waals surface area (Å²) in [6, 6.07) is 0. The van der Waals surface area contributed by atoms with Crippen LogP contribution in [-0.4, -0.2) is 71.9 Å². The van der Waals surface area contributed by atoms with Gasteiger partial charge >= 0.3 is 0 Å².